The van der Waals surface area contributed by atoms with Crippen LogP contribution in [0.15, 0.2) is 16.3 Å². The first-order chi connectivity index (χ1) is 9.99. The summed E-state index contributed by atoms with van der Waals surface area (Å²) in [6.45, 7) is -0.0410. The molecule has 0 saturated heterocycles. The van der Waals surface area contributed by atoms with Crippen LogP contribution in [-0.4, -0.2) is 39.3 Å². The molecule has 2 N–H and O–H groups in total. The largest absolute Gasteiger partial charge is 0.465 e. The fourth-order valence-corrected chi connectivity index (χ4v) is 5.27. The molecule has 1 saturated carbocycles. The zero-order valence-electron chi connectivity index (χ0n) is 11.7. The van der Waals surface area contributed by atoms with Crippen LogP contribution >= 0.6 is 11.3 Å². The Morgan fingerprint density at radius 1 is 1.48 bits per heavy atom. The monoisotopic (exact) mass is 333 g/mol. The predicted octanol–water partition coefficient (Wildman–Crippen LogP) is 1.36. The van der Waals surface area contributed by atoms with E-state index in [1.54, 1.807) is 5.38 Å². The van der Waals surface area contributed by atoms with Gasteiger partial charge >= 0.3 is 5.97 Å². The Labute approximate surface area is 128 Å². The van der Waals surface area contributed by atoms with Crippen LogP contribution < -0.4 is 4.72 Å². The second-order valence-corrected chi connectivity index (χ2v) is 7.66. The van der Waals surface area contributed by atoms with Gasteiger partial charge in [-0.3, -0.25) is 0 Å². The van der Waals surface area contributed by atoms with Gasteiger partial charge in [-0.25, -0.2) is 17.9 Å². The van der Waals surface area contributed by atoms with Crippen LogP contribution in [-0.2, 0) is 14.8 Å². The Hall–Kier alpha value is -0.960. The minimum atomic E-state index is -3.80. The first-order valence-corrected chi connectivity index (χ1v) is 9.15. The molecule has 2 rings (SSSR count). The van der Waals surface area contributed by atoms with Crippen molar-refractivity contribution in [3.63, 3.8) is 0 Å². The average Bonchev–Trinajstić information content (AvgIpc) is 2.97. The van der Waals surface area contributed by atoms with Crippen molar-refractivity contribution >= 4 is 27.3 Å². The number of rotatable bonds is 5. The molecular weight excluding hydrogens is 314 g/mol. The summed E-state index contributed by atoms with van der Waals surface area (Å²) in [5, 5.41) is 10.9. The molecule has 0 aliphatic heterocycles. The van der Waals surface area contributed by atoms with E-state index in [9.17, 15) is 18.3 Å². The van der Waals surface area contributed by atoms with Crippen LogP contribution in [0.25, 0.3) is 0 Å². The minimum absolute atomic E-state index is 0.0410. The third-order valence-corrected chi connectivity index (χ3v) is 6.30. The number of nitrogens with one attached hydrogen (secondary N) is 1. The lowest BCUT2D eigenvalue weighted by Crippen LogP contribution is -2.43. The van der Waals surface area contributed by atoms with Crippen molar-refractivity contribution < 1.29 is 23.1 Å². The van der Waals surface area contributed by atoms with E-state index in [1.165, 1.54) is 13.2 Å². The van der Waals surface area contributed by atoms with E-state index in [0.29, 0.717) is 6.42 Å². The fraction of sp³-hybridized carbons (Fsp3) is 0.615. The number of sulfonamides is 1. The Morgan fingerprint density at radius 2 is 2.19 bits per heavy atom. The van der Waals surface area contributed by atoms with Crippen molar-refractivity contribution in [1.82, 2.24) is 4.72 Å². The number of carbonyl (C=O) groups is 1. The van der Waals surface area contributed by atoms with Crippen molar-refractivity contribution in [1.29, 1.82) is 0 Å². The number of hydrogen-bond donors (Lipinski definition) is 2. The highest BCUT2D eigenvalue weighted by atomic mass is 32.2. The Kier molecular flexibility index (Phi) is 5.37. The van der Waals surface area contributed by atoms with E-state index in [0.717, 1.165) is 30.6 Å². The van der Waals surface area contributed by atoms with Crippen molar-refractivity contribution in [2.24, 2.45) is 5.92 Å². The van der Waals surface area contributed by atoms with E-state index in [4.69, 9.17) is 0 Å². The zero-order chi connectivity index (χ0) is 15.5. The number of esters is 1. The lowest BCUT2D eigenvalue weighted by atomic mass is 9.86. The van der Waals surface area contributed by atoms with Gasteiger partial charge in [-0.15, -0.1) is 11.3 Å². The third kappa shape index (κ3) is 3.63. The highest BCUT2D eigenvalue weighted by molar-refractivity contribution is 7.89. The van der Waals surface area contributed by atoms with Gasteiger partial charge in [-0.05, 0) is 30.2 Å². The third-order valence-electron chi connectivity index (χ3n) is 3.74. The quantitative estimate of drug-likeness (QED) is 0.794. The molecule has 1 fully saturated rings. The summed E-state index contributed by atoms with van der Waals surface area (Å²) in [4.78, 5) is 11.6. The maximum atomic E-state index is 12.5. The standard InChI is InChI=1S/C13H19NO5S2/c1-19-13(16)12-11(6-7-20-12)21(17,18)14-10-5-3-2-4-9(10)8-15/h6-7,9-10,14-15H,2-5,8H2,1H3. The van der Waals surface area contributed by atoms with E-state index < -0.39 is 16.0 Å². The van der Waals surface area contributed by atoms with Crippen molar-refractivity contribution in [2.45, 2.75) is 36.6 Å². The summed E-state index contributed by atoms with van der Waals surface area (Å²) in [6.07, 6.45) is 3.42. The van der Waals surface area contributed by atoms with Crippen LogP contribution in [0, 0.1) is 5.92 Å². The smallest absolute Gasteiger partial charge is 0.349 e. The maximum absolute atomic E-state index is 12.5. The lowest BCUT2D eigenvalue weighted by molar-refractivity contribution is 0.0602. The molecule has 0 spiro atoms. The molecular formula is C13H19NO5S2. The van der Waals surface area contributed by atoms with Crippen LogP contribution in [0.1, 0.15) is 35.4 Å². The molecule has 118 valence electrons. The number of methoxy groups -OCH3 is 1. The highest BCUT2D eigenvalue weighted by Crippen LogP contribution is 2.28. The molecule has 8 heteroatoms. The summed E-state index contributed by atoms with van der Waals surface area (Å²) >= 11 is 1.03. The SMILES string of the molecule is COC(=O)c1sccc1S(=O)(=O)NC1CCCCC1CO. The number of hydrogen-bond acceptors (Lipinski definition) is 6. The van der Waals surface area contributed by atoms with Crippen LogP contribution in [0.2, 0.25) is 0 Å². The van der Waals surface area contributed by atoms with Crippen molar-refractivity contribution in [3.8, 4) is 0 Å². The van der Waals surface area contributed by atoms with Gasteiger partial charge in [-0.1, -0.05) is 12.8 Å². The summed E-state index contributed by atoms with van der Waals surface area (Å²) in [6, 6.07) is 1.11. The van der Waals surface area contributed by atoms with Crippen molar-refractivity contribution in [2.75, 3.05) is 13.7 Å². The van der Waals surface area contributed by atoms with Gasteiger partial charge in [0.1, 0.15) is 9.77 Å². The molecule has 0 bridgehead atoms. The Bertz CT molecular complexity index is 595. The number of carbonyl (C=O) groups excluding carboxylic acids is 1. The first-order valence-electron chi connectivity index (χ1n) is 6.78. The zero-order valence-corrected chi connectivity index (χ0v) is 13.4. The normalized spacial score (nSPS) is 23.0. The predicted molar refractivity (Wildman–Crippen MR) is 78.8 cm³/mol. The van der Waals surface area contributed by atoms with Crippen LogP contribution in [0.3, 0.4) is 0 Å². The molecule has 0 amide bonds. The number of aliphatic hydroxyl groups excluding tert-OH is 1. The lowest BCUT2D eigenvalue weighted by Gasteiger charge is -2.30. The van der Waals surface area contributed by atoms with Gasteiger partial charge in [0.15, 0.2) is 0 Å². The fourth-order valence-electron chi connectivity index (χ4n) is 2.59. The molecule has 0 aromatic carbocycles. The average molecular weight is 333 g/mol. The van der Waals surface area contributed by atoms with E-state index >= 15 is 0 Å². The van der Waals surface area contributed by atoms with Gasteiger partial charge in [0, 0.05) is 12.6 Å². The number of ether oxygens (including phenoxy) is 1. The molecule has 1 heterocycles. The molecule has 1 aromatic rings. The van der Waals surface area contributed by atoms with Crippen LogP contribution in [0.4, 0.5) is 0 Å². The molecule has 1 aliphatic carbocycles. The summed E-state index contributed by atoms with van der Waals surface area (Å²) in [5.41, 5.74) is 0. The molecule has 2 atom stereocenters. The van der Waals surface area contributed by atoms with Crippen LogP contribution in [0.5, 0.6) is 0 Å². The molecule has 2 unspecified atom stereocenters. The first kappa shape index (κ1) is 16.4. The van der Waals surface area contributed by atoms with Gasteiger partial charge in [-0.2, -0.15) is 0 Å². The summed E-state index contributed by atoms with van der Waals surface area (Å²) in [7, 11) is -2.58. The van der Waals surface area contributed by atoms with E-state index in [-0.39, 0.29) is 28.3 Å². The van der Waals surface area contributed by atoms with E-state index in [2.05, 4.69) is 9.46 Å². The minimum Gasteiger partial charge on any atom is -0.465 e. The second-order valence-electron chi connectivity index (χ2n) is 5.06. The van der Waals surface area contributed by atoms with Gasteiger partial charge in [0.2, 0.25) is 10.0 Å². The van der Waals surface area contributed by atoms with Crippen molar-refractivity contribution in [3.05, 3.63) is 16.3 Å². The summed E-state index contributed by atoms with van der Waals surface area (Å²) < 4.78 is 32.2. The molecule has 6 nitrogen and oxygen atoms in total. The second kappa shape index (κ2) is 6.87. The number of thiophene rings is 1. The molecule has 21 heavy (non-hydrogen) atoms. The Morgan fingerprint density at radius 3 is 2.86 bits per heavy atom. The van der Waals surface area contributed by atoms with Gasteiger partial charge < -0.3 is 9.84 Å². The molecule has 1 aromatic heterocycles. The number of aliphatic hydroxyl groups is 1. The summed E-state index contributed by atoms with van der Waals surface area (Å²) in [5.74, 6) is -0.735. The maximum Gasteiger partial charge on any atom is 0.349 e. The highest BCUT2D eigenvalue weighted by Gasteiger charge is 2.31. The Balaban J connectivity index is 2.22. The molecule has 1 aliphatic rings. The van der Waals surface area contributed by atoms with Gasteiger partial charge in [0.05, 0.1) is 7.11 Å². The topological polar surface area (TPSA) is 92.7 Å². The van der Waals surface area contributed by atoms with Gasteiger partial charge in [0.25, 0.3) is 0 Å². The van der Waals surface area contributed by atoms with E-state index in [1.807, 2.05) is 0 Å². The molecule has 0 radical (unpaired) electrons.